The van der Waals surface area contributed by atoms with E-state index in [9.17, 15) is 0 Å². The smallest absolute Gasteiger partial charge is 0.0000486 e. The highest BCUT2D eigenvalue weighted by molar-refractivity contribution is 5.85. The van der Waals surface area contributed by atoms with E-state index in [0.717, 1.165) is 13.0 Å². The Morgan fingerprint density at radius 3 is 2.42 bits per heavy atom. The van der Waals surface area contributed by atoms with Crippen LogP contribution < -0.4 is 5.32 Å². The Morgan fingerprint density at radius 1 is 1.42 bits per heavy atom. The molecular weight excluding hydrogens is 170 g/mol. The van der Waals surface area contributed by atoms with Crippen molar-refractivity contribution in [3.05, 3.63) is 12.7 Å². The van der Waals surface area contributed by atoms with Gasteiger partial charge in [0.25, 0.3) is 0 Å². The average molecular weight is 192 g/mol. The quantitative estimate of drug-likeness (QED) is 0.503. The topological polar surface area (TPSA) is 12.0 Å². The fourth-order valence-electron chi connectivity index (χ4n) is 1.29. The Morgan fingerprint density at radius 2 is 2.00 bits per heavy atom. The van der Waals surface area contributed by atoms with Crippen molar-refractivity contribution in [2.24, 2.45) is 5.41 Å². The van der Waals surface area contributed by atoms with Gasteiger partial charge in [0.15, 0.2) is 0 Å². The third-order valence-corrected chi connectivity index (χ3v) is 1.92. The van der Waals surface area contributed by atoms with Gasteiger partial charge in [-0.25, -0.2) is 0 Å². The monoisotopic (exact) mass is 191 g/mol. The van der Waals surface area contributed by atoms with Gasteiger partial charge in [0, 0.05) is 0 Å². The molecule has 0 fully saturated rings. The lowest BCUT2D eigenvalue weighted by Gasteiger charge is -2.23. The maximum absolute atomic E-state index is 3.71. The Kier molecular flexibility index (Phi) is 9.23. The van der Waals surface area contributed by atoms with Gasteiger partial charge in [-0.2, -0.15) is 0 Å². The second-order valence-electron chi connectivity index (χ2n) is 3.88. The lowest BCUT2D eigenvalue weighted by molar-refractivity contribution is 0.316. The van der Waals surface area contributed by atoms with Crippen LogP contribution >= 0.6 is 12.4 Å². The van der Waals surface area contributed by atoms with Gasteiger partial charge in [0.2, 0.25) is 0 Å². The Bertz CT molecular complexity index is 110. The highest BCUT2D eigenvalue weighted by atomic mass is 35.5. The summed E-state index contributed by atoms with van der Waals surface area (Å²) >= 11 is 0. The number of rotatable bonds is 6. The third kappa shape index (κ3) is 8.09. The minimum Gasteiger partial charge on any atom is -0.319 e. The van der Waals surface area contributed by atoms with Crippen molar-refractivity contribution in [1.82, 2.24) is 5.32 Å². The van der Waals surface area contributed by atoms with Crippen molar-refractivity contribution >= 4 is 12.4 Å². The first kappa shape index (κ1) is 14.5. The summed E-state index contributed by atoms with van der Waals surface area (Å²) in [6.45, 7) is 9.41. The van der Waals surface area contributed by atoms with Gasteiger partial charge < -0.3 is 5.32 Å². The number of unbranched alkanes of at least 4 members (excludes halogenated alkanes) is 1. The molecule has 0 aliphatic heterocycles. The summed E-state index contributed by atoms with van der Waals surface area (Å²) in [4.78, 5) is 0. The molecule has 0 radical (unpaired) electrons. The molecule has 0 rings (SSSR count). The average Bonchev–Trinajstić information content (AvgIpc) is 1.87. The molecule has 0 aliphatic carbocycles. The van der Waals surface area contributed by atoms with Crippen LogP contribution in [0.4, 0.5) is 0 Å². The first-order chi connectivity index (χ1) is 5.12. The molecule has 0 bridgehead atoms. The lowest BCUT2D eigenvalue weighted by Crippen LogP contribution is -2.26. The number of hydrogen-bond donors (Lipinski definition) is 1. The number of nitrogens with one attached hydrogen (secondary N) is 1. The summed E-state index contributed by atoms with van der Waals surface area (Å²) in [6, 6.07) is 0. The first-order valence-corrected chi connectivity index (χ1v) is 4.38. The number of allylic oxidation sites excluding steroid dienone is 1. The van der Waals surface area contributed by atoms with E-state index in [2.05, 4.69) is 25.7 Å². The molecule has 0 aromatic carbocycles. The zero-order chi connectivity index (χ0) is 8.74. The second kappa shape index (κ2) is 7.63. The number of hydrogen-bond acceptors (Lipinski definition) is 1. The van der Waals surface area contributed by atoms with E-state index in [4.69, 9.17) is 0 Å². The fraction of sp³-hybridized carbons (Fsp3) is 0.800. The zero-order valence-electron chi connectivity index (χ0n) is 8.52. The maximum atomic E-state index is 3.71. The first-order valence-electron chi connectivity index (χ1n) is 4.38. The summed E-state index contributed by atoms with van der Waals surface area (Å²) in [7, 11) is 2.01. The van der Waals surface area contributed by atoms with Crippen LogP contribution in [-0.4, -0.2) is 13.6 Å². The lowest BCUT2D eigenvalue weighted by atomic mass is 9.87. The van der Waals surface area contributed by atoms with Crippen LogP contribution in [0.5, 0.6) is 0 Å². The van der Waals surface area contributed by atoms with Gasteiger partial charge >= 0.3 is 0 Å². The predicted octanol–water partition coefficient (Wildman–Crippen LogP) is 3.01. The molecule has 1 nitrogen and oxygen atoms in total. The minimum absolute atomic E-state index is 0. The molecular formula is C10H22ClN. The summed E-state index contributed by atoms with van der Waals surface area (Å²) in [5.41, 5.74) is 0.442. The van der Waals surface area contributed by atoms with Crippen molar-refractivity contribution in [3.8, 4) is 0 Å². The molecule has 0 saturated heterocycles. The van der Waals surface area contributed by atoms with Gasteiger partial charge in [-0.15, -0.1) is 19.0 Å². The normalized spacial score (nSPS) is 10.6. The molecule has 0 unspecified atom stereocenters. The van der Waals surface area contributed by atoms with E-state index in [1.54, 1.807) is 0 Å². The van der Waals surface area contributed by atoms with E-state index in [-0.39, 0.29) is 12.4 Å². The third-order valence-electron chi connectivity index (χ3n) is 1.92. The standard InChI is InChI=1S/C10H21N.ClH/c1-5-6-7-8-10(2,3)9-11-4;/h5,11H,1,6-9H2,2-4H3;1H. The van der Waals surface area contributed by atoms with Crippen molar-refractivity contribution in [2.45, 2.75) is 33.1 Å². The number of halogens is 1. The Balaban J connectivity index is 0. The molecule has 0 aromatic rings. The van der Waals surface area contributed by atoms with Crippen molar-refractivity contribution < 1.29 is 0 Å². The fourth-order valence-corrected chi connectivity index (χ4v) is 1.29. The highest BCUT2D eigenvalue weighted by Gasteiger charge is 2.14. The van der Waals surface area contributed by atoms with Crippen LogP contribution in [-0.2, 0) is 0 Å². The summed E-state index contributed by atoms with van der Waals surface area (Å²) in [5, 5.41) is 3.21. The van der Waals surface area contributed by atoms with Gasteiger partial charge in [0.05, 0.1) is 0 Å². The summed E-state index contributed by atoms with van der Waals surface area (Å²) < 4.78 is 0. The summed E-state index contributed by atoms with van der Waals surface area (Å²) in [5.74, 6) is 0. The molecule has 12 heavy (non-hydrogen) atoms. The molecule has 2 heteroatoms. The molecule has 0 spiro atoms. The molecule has 0 atom stereocenters. The van der Waals surface area contributed by atoms with Crippen molar-refractivity contribution in [3.63, 3.8) is 0 Å². The SMILES string of the molecule is C=CCCCC(C)(C)CNC.Cl. The Hall–Kier alpha value is -0.0100. The molecule has 1 N–H and O–H groups in total. The van der Waals surface area contributed by atoms with Crippen LogP contribution in [0.3, 0.4) is 0 Å². The zero-order valence-corrected chi connectivity index (χ0v) is 9.34. The van der Waals surface area contributed by atoms with Crippen LogP contribution in [0.25, 0.3) is 0 Å². The summed E-state index contributed by atoms with van der Waals surface area (Å²) in [6.07, 6.45) is 5.68. The van der Waals surface area contributed by atoms with E-state index >= 15 is 0 Å². The van der Waals surface area contributed by atoms with E-state index in [0.29, 0.717) is 5.41 Å². The van der Waals surface area contributed by atoms with Crippen molar-refractivity contribution in [2.75, 3.05) is 13.6 Å². The second-order valence-corrected chi connectivity index (χ2v) is 3.88. The molecule has 0 aliphatic rings. The van der Waals surface area contributed by atoms with Crippen LogP contribution in [0.1, 0.15) is 33.1 Å². The van der Waals surface area contributed by atoms with Crippen LogP contribution in [0.2, 0.25) is 0 Å². The predicted molar refractivity (Wildman–Crippen MR) is 59.0 cm³/mol. The van der Waals surface area contributed by atoms with E-state index in [1.807, 2.05) is 13.1 Å². The molecule has 0 saturated carbocycles. The van der Waals surface area contributed by atoms with Gasteiger partial charge in [-0.3, -0.25) is 0 Å². The van der Waals surface area contributed by atoms with E-state index < -0.39 is 0 Å². The van der Waals surface area contributed by atoms with Gasteiger partial charge in [0.1, 0.15) is 0 Å². The van der Waals surface area contributed by atoms with Crippen LogP contribution in [0, 0.1) is 5.41 Å². The molecule has 0 heterocycles. The minimum atomic E-state index is 0. The Labute approximate surface area is 83.0 Å². The largest absolute Gasteiger partial charge is 0.319 e. The van der Waals surface area contributed by atoms with Crippen molar-refractivity contribution in [1.29, 1.82) is 0 Å². The van der Waals surface area contributed by atoms with Crippen LogP contribution in [0.15, 0.2) is 12.7 Å². The molecule has 74 valence electrons. The highest BCUT2D eigenvalue weighted by Crippen LogP contribution is 2.21. The maximum Gasteiger partial charge on any atom is -0.0000486 e. The molecule has 0 amide bonds. The van der Waals surface area contributed by atoms with Gasteiger partial charge in [-0.1, -0.05) is 19.9 Å². The van der Waals surface area contributed by atoms with E-state index in [1.165, 1.54) is 12.8 Å². The molecule has 0 aromatic heterocycles. The van der Waals surface area contributed by atoms with Gasteiger partial charge in [-0.05, 0) is 38.3 Å².